The maximum Gasteiger partial charge on any atom is 0.132 e. The van der Waals surface area contributed by atoms with Gasteiger partial charge in [-0.2, -0.15) is 0 Å². The lowest BCUT2D eigenvalue weighted by Gasteiger charge is -2.19. The molecular formula is C19H18N2O. The summed E-state index contributed by atoms with van der Waals surface area (Å²) in [5.41, 5.74) is 2.03. The van der Waals surface area contributed by atoms with Crippen LogP contribution in [0.5, 0.6) is 0 Å². The molecule has 0 saturated carbocycles. The summed E-state index contributed by atoms with van der Waals surface area (Å²) in [6.07, 6.45) is 3.99. The number of nitrogens with one attached hydrogen (secondary N) is 1. The number of pyridine rings is 1. The molecule has 0 radical (unpaired) electrons. The summed E-state index contributed by atoms with van der Waals surface area (Å²) < 4.78 is 0. The van der Waals surface area contributed by atoms with Gasteiger partial charge in [0.2, 0.25) is 0 Å². The Hall–Kier alpha value is -2.68. The fourth-order valence-electron chi connectivity index (χ4n) is 2.60. The summed E-state index contributed by atoms with van der Waals surface area (Å²) in [6.45, 7) is 1.62. The number of aromatic nitrogens is 1. The van der Waals surface area contributed by atoms with Crippen LogP contribution in [-0.2, 0) is 4.79 Å². The molecule has 1 unspecified atom stereocenters. The molecule has 1 N–H and O–H groups in total. The molecule has 3 rings (SSSR count). The van der Waals surface area contributed by atoms with Crippen molar-refractivity contribution in [3.63, 3.8) is 0 Å². The van der Waals surface area contributed by atoms with Crippen LogP contribution in [0, 0.1) is 0 Å². The van der Waals surface area contributed by atoms with E-state index in [0.717, 1.165) is 11.3 Å². The first-order valence-corrected chi connectivity index (χ1v) is 7.37. The Bertz CT molecular complexity index is 784. The second kappa shape index (κ2) is 6.39. The monoisotopic (exact) mass is 290 g/mol. The van der Waals surface area contributed by atoms with E-state index in [-0.39, 0.29) is 11.8 Å². The van der Waals surface area contributed by atoms with E-state index in [2.05, 4.69) is 34.6 Å². The van der Waals surface area contributed by atoms with E-state index < -0.39 is 0 Å². The Balaban J connectivity index is 1.89. The minimum atomic E-state index is -0.0626. The van der Waals surface area contributed by atoms with Crippen molar-refractivity contribution in [2.45, 2.75) is 19.4 Å². The van der Waals surface area contributed by atoms with Crippen molar-refractivity contribution in [2.75, 3.05) is 5.32 Å². The third-order valence-electron chi connectivity index (χ3n) is 3.67. The van der Waals surface area contributed by atoms with Crippen molar-refractivity contribution in [1.29, 1.82) is 0 Å². The van der Waals surface area contributed by atoms with E-state index >= 15 is 0 Å². The molecule has 1 aromatic heterocycles. The van der Waals surface area contributed by atoms with Gasteiger partial charge in [0.15, 0.2) is 0 Å². The van der Waals surface area contributed by atoms with Gasteiger partial charge < -0.3 is 5.32 Å². The molecule has 0 bridgehead atoms. The minimum absolute atomic E-state index is 0.0626. The van der Waals surface area contributed by atoms with Crippen LogP contribution < -0.4 is 5.32 Å². The molecule has 3 nitrogen and oxygen atoms in total. The van der Waals surface area contributed by atoms with Gasteiger partial charge in [0.25, 0.3) is 0 Å². The number of benzene rings is 2. The Morgan fingerprint density at radius 2 is 1.91 bits per heavy atom. The first kappa shape index (κ1) is 14.3. The molecular weight excluding hydrogens is 272 g/mol. The third-order valence-corrected chi connectivity index (χ3v) is 3.67. The normalized spacial score (nSPS) is 12.0. The fraction of sp³-hybridized carbons (Fsp3) is 0.158. The lowest BCUT2D eigenvalue weighted by molar-refractivity contribution is -0.117. The molecule has 0 aliphatic carbocycles. The topological polar surface area (TPSA) is 42.0 Å². The van der Waals surface area contributed by atoms with Gasteiger partial charge in [0.1, 0.15) is 5.78 Å². The van der Waals surface area contributed by atoms with E-state index in [0.29, 0.717) is 6.42 Å². The summed E-state index contributed by atoms with van der Waals surface area (Å²) in [7, 11) is 0. The number of hydrogen-bond donors (Lipinski definition) is 1. The quantitative estimate of drug-likeness (QED) is 0.758. The zero-order chi connectivity index (χ0) is 15.4. The van der Waals surface area contributed by atoms with Gasteiger partial charge in [-0.1, -0.05) is 36.4 Å². The second-order valence-electron chi connectivity index (χ2n) is 5.45. The lowest BCUT2D eigenvalue weighted by Crippen LogP contribution is -2.14. The van der Waals surface area contributed by atoms with Crippen LogP contribution in [-0.4, -0.2) is 10.8 Å². The van der Waals surface area contributed by atoms with Crippen LogP contribution >= 0.6 is 0 Å². The Kier molecular flexibility index (Phi) is 4.15. The van der Waals surface area contributed by atoms with Crippen molar-refractivity contribution in [1.82, 2.24) is 4.98 Å². The van der Waals surface area contributed by atoms with E-state index in [4.69, 9.17) is 0 Å². The lowest BCUT2D eigenvalue weighted by atomic mass is 10.0. The number of hydrogen-bond acceptors (Lipinski definition) is 3. The van der Waals surface area contributed by atoms with E-state index in [1.807, 2.05) is 36.5 Å². The molecule has 0 amide bonds. The van der Waals surface area contributed by atoms with Crippen LogP contribution in [0.2, 0.25) is 0 Å². The largest absolute Gasteiger partial charge is 0.378 e. The van der Waals surface area contributed by atoms with Gasteiger partial charge in [-0.05, 0) is 41.5 Å². The molecule has 110 valence electrons. The van der Waals surface area contributed by atoms with Gasteiger partial charge in [-0.3, -0.25) is 9.78 Å². The number of nitrogens with zero attached hydrogens (tertiary/aromatic N) is 1. The number of anilines is 1. The molecule has 0 saturated heterocycles. The fourth-order valence-corrected chi connectivity index (χ4v) is 2.60. The van der Waals surface area contributed by atoms with Crippen molar-refractivity contribution in [2.24, 2.45) is 0 Å². The maximum atomic E-state index is 11.6. The maximum absolute atomic E-state index is 11.6. The minimum Gasteiger partial charge on any atom is -0.378 e. The van der Waals surface area contributed by atoms with Crippen molar-refractivity contribution < 1.29 is 4.79 Å². The highest BCUT2D eigenvalue weighted by molar-refractivity contribution is 5.86. The smallest absolute Gasteiger partial charge is 0.132 e. The van der Waals surface area contributed by atoms with Crippen LogP contribution in [0.25, 0.3) is 10.8 Å². The van der Waals surface area contributed by atoms with Gasteiger partial charge in [0.05, 0.1) is 6.04 Å². The standard InChI is InChI=1S/C19H18N2O/c1-14(22)11-19(17-7-4-10-20-13-17)21-18-9-8-15-5-2-3-6-16(15)12-18/h2-10,12-13,19,21H,11H2,1H3. The molecule has 3 aromatic rings. The van der Waals surface area contributed by atoms with E-state index in [1.54, 1.807) is 13.1 Å². The zero-order valence-electron chi connectivity index (χ0n) is 12.5. The average Bonchev–Trinajstić information content (AvgIpc) is 2.54. The summed E-state index contributed by atoms with van der Waals surface area (Å²) in [5, 5.41) is 5.84. The summed E-state index contributed by atoms with van der Waals surface area (Å²) in [5.74, 6) is 0.155. The molecule has 0 spiro atoms. The van der Waals surface area contributed by atoms with Crippen LogP contribution in [0.4, 0.5) is 5.69 Å². The van der Waals surface area contributed by atoms with Crippen molar-refractivity contribution in [3.05, 3.63) is 72.6 Å². The second-order valence-corrected chi connectivity index (χ2v) is 5.45. The number of rotatable bonds is 5. The van der Waals surface area contributed by atoms with E-state index in [9.17, 15) is 4.79 Å². The highest BCUT2D eigenvalue weighted by atomic mass is 16.1. The predicted molar refractivity (Wildman–Crippen MR) is 89.8 cm³/mol. The molecule has 0 fully saturated rings. The molecule has 1 atom stereocenters. The SMILES string of the molecule is CC(=O)CC(Nc1ccc2ccccc2c1)c1cccnc1. The Morgan fingerprint density at radius 3 is 2.64 bits per heavy atom. The summed E-state index contributed by atoms with van der Waals surface area (Å²) in [6, 6.07) is 18.3. The number of ketones is 1. The zero-order valence-corrected chi connectivity index (χ0v) is 12.5. The molecule has 0 aliphatic heterocycles. The van der Waals surface area contributed by atoms with Gasteiger partial charge in [-0.25, -0.2) is 0 Å². The van der Waals surface area contributed by atoms with Crippen molar-refractivity contribution in [3.8, 4) is 0 Å². The highest BCUT2D eigenvalue weighted by Gasteiger charge is 2.14. The molecule has 2 aromatic carbocycles. The van der Waals surface area contributed by atoms with E-state index in [1.165, 1.54) is 10.8 Å². The number of carbonyl (C=O) groups is 1. The predicted octanol–water partition coefficient (Wildman–Crippen LogP) is 4.37. The molecule has 3 heteroatoms. The van der Waals surface area contributed by atoms with Crippen molar-refractivity contribution >= 4 is 22.2 Å². The number of Topliss-reactive ketones (excluding diaryl/α,β-unsaturated/α-hetero) is 1. The van der Waals surface area contributed by atoms with Crippen LogP contribution in [0.1, 0.15) is 24.9 Å². The van der Waals surface area contributed by atoms with Gasteiger partial charge >= 0.3 is 0 Å². The number of carbonyl (C=O) groups excluding carboxylic acids is 1. The number of fused-ring (bicyclic) bond motifs is 1. The summed E-state index contributed by atoms with van der Waals surface area (Å²) >= 11 is 0. The Labute approximate surface area is 130 Å². The third kappa shape index (κ3) is 3.31. The Morgan fingerprint density at radius 1 is 1.09 bits per heavy atom. The molecule has 0 aliphatic rings. The average molecular weight is 290 g/mol. The van der Waals surface area contributed by atoms with Gasteiger partial charge in [0, 0.05) is 24.5 Å². The molecule has 22 heavy (non-hydrogen) atoms. The first-order chi connectivity index (χ1) is 10.7. The molecule has 1 heterocycles. The van der Waals surface area contributed by atoms with Crippen LogP contribution in [0.3, 0.4) is 0 Å². The summed E-state index contributed by atoms with van der Waals surface area (Å²) in [4.78, 5) is 15.7. The highest BCUT2D eigenvalue weighted by Crippen LogP contribution is 2.25. The first-order valence-electron chi connectivity index (χ1n) is 7.37. The van der Waals surface area contributed by atoms with Crippen LogP contribution in [0.15, 0.2) is 67.0 Å². The van der Waals surface area contributed by atoms with Gasteiger partial charge in [-0.15, -0.1) is 0 Å².